The van der Waals surface area contributed by atoms with Crippen molar-refractivity contribution in [1.29, 1.82) is 0 Å². The minimum Gasteiger partial charge on any atom is -0.361 e. The predicted molar refractivity (Wildman–Crippen MR) is 103 cm³/mol. The number of benzene rings is 1. The molecule has 0 unspecified atom stereocenters. The van der Waals surface area contributed by atoms with Gasteiger partial charge in [0.15, 0.2) is 5.96 Å². The summed E-state index contributed by atoms with van der Waals surface area (Å²) in [5, 5.41) is 8.03. The highest BCUT2D eigenvalue weighted by molar-refractivity contribution is 5.83. The number of aryl methyl sites for hydroxylation is 1. The summed E-state index contributed by atoms with van der Waals surface area (Å²) in [5.41, 5.74) is 2.52. The van der Waals surface area contributed by atoms with Crippen LogP contribution in [0.1, 0.15) is 18.9 Å². The van der Waals surface area contributed by atoms with Crippen molar-refractivity contribution in [3.63, 3.8) is 0 Å². The quantitative estimate of drug-likeness (QED) is 0.336. The summed E-state index contributed by atoms with van der Waals surface area (Å²) >= 11 is 0. The minimum absolute atomic E-state index is 0.792. The van der Waals surface area contributed by atoms with E-state index >= 15 is 0 Å². The molecule has 3 N–H and O–H groups in total. The van der Waals surface area contributed by atoms with E-state index in [0.717, 1.165) is 45.0 Å². The van der Waals surface area contributed by atoms with Gasteiger partial charge in [0.2, 0.25) is 0 Å². The van der Waals surface area contributed by atoms with E-state index in [0.29, 0.717) is 0 Å². The van der Waals surface area contributed by atoms with E-state index in [2.05, 4.69) is 67.5 Å². The Morgan fingerprint density at radius 2 is 2.20 bits per heavy atom. The lowest BCUT2D eigenvalue weighted by molar-refractivity contribution is 0.647. The fraction of sp³-hybridized carbons (Fsp3) is 0.368. The highest BCUT2D eigenvalue weighted by Gasteiger charge is 2.03. The summed E-state index contributed by atoms with van der Waals surface area (Å²) in [7, 11) is 0. The van der Waals surface area contributed by atoms with Crippen LogP contribution in [0.25, 0.3) is 10.9 Å². The van der Waals surface area contributed by atoms with Gasteiger partial charge >= 0.3 is 0 Å². The molecule has 2 heterocycles. The van der Waals surface area contributed by atoms with Crippen molar-refractivity contribution in [2.24, 2.45) is 4.99 Å². The number of rotatable bonds is 8. The van der Waals surface area contributed by atoms with Crippen molar-refractivity contribution in [1.82, 2.24) is 25.2 Å². The zero-order valence-electron chi connectivity index (χ0n) is 14.7. The van der Waals surface area contributed by atoms with E-state index in [4.69, 9.17) is 0 Å². The van der Waals surface area contributed by atoms with Crippen LogP contribution in [-0.4, -0.2) is 40.1 Å². The lowest BCUT2D eigenvalue weighted by Gasteiger charge is -2.11. The number of nitrogens with zero attached hydrogens (tertiary/aromatic N) is 3. The first-order chi connectivity index (χ1) is 12.4. The number of hydrogen-bond acceptors (Lipinski definition) is 2. The fourth-order valence-electron chi connectivity index (χ4n) is 2.86. The number of aliphatic imine (C=N–C) groups is 1. The average molecular weight is 338 g/mol. The molecule has 0 aliphatic heterocycles. The molecule has 0 saturated carbocycles. The van der Waals surface area contributed by atoms with Gasteiger partial charge in [0.05, 0.1) is 6.33 Å². The molecule has 0 aliphatic carbocycles. The van der Waals surface area contributed by atoms with Crippen LogP contribution in [-0.2, 0) is 13.0 Å². The fourth-order valence-corrected chi connectivity index (χ4v) is 2.86. The first-order valence-electron chi connectivity index (χ1n) is 8.89. The van der Waals surface area contributed by atoms with Gasteiger partial charge in [-0.25, -0.2) is 4.98 Å². The zero-order chi connectivity index (χ0) is 17.3. The molecule has 6 nitrogen and oxygen atoms in total. The Morgan fingerprint density at radius 3 is 3.04 bits per heavy atom. The summed E-state index contributed by atoms with van der Waals surface area (Å²) in [6.07, 6.45) is 9.68. The maximum absolute atomic E-state index is 4.65. The van der Waals surface area contributed by atoms with E-state index in [1.807, 2.05) is 12.5 Å². The van der Waals surface area contributed by atoms with Crippen LogP contribution in [0.2, 0.25) is 0 Å². The van der Waals surface area contributed by atoms with Crippen molar-refractivity contribution in [3.05, 3.63) is 54.7 Å². The monoisotopic (exact) mass is 338 g/mol. The summed E-state index contributed by atoms with van der Waals surface area (Å²) in [6.45, 7) is 5.54. The highest BCUT2D eigenvalue weighted by Crippen LogP contribution is 2.17. The third-order valence-electron chi connectivity index (χ3n) is 4.11. The number of H-pyrrole nitrogens is 1. The lowest BCUT2D eigenvalue weighted by Crippen LogP contribution is -2.38. The van der Waals surface area contributed by atoms with E-state index in [1.54, 1.807) is 6.20 Å². The van der Waals surface area contributed by atoms with Crippen LogP contribution in [0.3, 0.4) is 0 Å². The number of aromatic amines is 1. The van der Waals surface area contributed by atoms with Gasteiger partial charge < -0.3 is 20.2 Å². The largest absolute Gasteiger partial charge is 0.361 e. The second-order valence-electron chi connectivity index (χ2n) is 5.95. The van der Waals surface area contributed by atoms with Crippen LogP contribution in [0.5, 0.6) is 0 Å². The Morgan fingerprint density at radius 1 is 1.28 bits per heavy atom. The van der Waals surface area contributed by atoms with Gasteiger partial charge in [0.1, 0.15) is 0 Å². The number of nitrogens with one attached hydrogen (secondary N) is 3. The Labute approximate surface area is 148 Å². The molecule has 132 valence electrons. The van der Waals surface area contributed by atoms with Crippen LogP contribution in [0.4, 0.5) is 0 Å². The van der Waals surface area contributed by atoms with Crippen molar-refractivity contribution in [3.8, 4) is 0 Å². The van der Waals surface area contributed by atoms with Gasteiger partial charge in [-0.15, -0.1) is 0 Å². The maximum atomic E-state index is 4.65. The number of imidazole rings is 1. The third-order valence-corrected chi connectivity index (χ3v) is 4.11. The van der Waals surface area contributed by atoms with Crippen molar-refractivity contribution >= 4 is 16.9 Å². The Balaban J connectivity index is 1.47. The van der Waals surface area contributed by atoms with Crippen molar-refractivity contribution in [2.75, 3.05) is 19.6 Å². The highest BCUT2D eigenvalue weighted by atomic mass is 15.2. The molecular weight excluding hydrogens is 312 g/mol. The molecule has 6 heteroatoms. The smallest absolute Gasteiger partial charge is 0.191 e. The second kappa shape index (κ2) is 8.92. The average Bonchev–Trinajstić information content (AvgIpc) is 3.29. The molecule has 0 spiro atoms. The van der Waals surface area contributed by atoms with Gasteiger partial charge in [-0.05, 0) is 31.4 Å². The number of fused-ring (bicyclic) bond motifs is 1. The van der Waals surface area contributed by atoms with Crippen LogP contribution < -0.4 is 10.6 Å². The molecule has 3 rings (SSSR count). The van der Waals surface area contributed by atoms with Crippen LogP contribution >= 0.6 is 0 Å². The third kappa shape index (κ3) is 4.86. The molecular formula is C19H26N6. The SMILES string of the molecule is CCNC(=NCCCn1ccnc1)NCCc1c[nH]c2ccccc12. The molecule has 0 saturated heterocycles. The molecule has 0 bridgehead atoms. The van der Waals surface area contributed by atoms with Gasteiger partial charge in [-0.2, -0.15) is 0 Å². The summed E-state index contributed by atoms with van der Waals surface area (Å²) in [4.78, 5) is 12.0. The predicted octanol–water partition coefficient (Wildman–Crippen LogP) is 2.55. The van der Waals surface area contributed by atoms with Crippen molar-refractivity contribution in [2.45, 2.75) is 26.3 Å². The molecule has 0 amide bonds. The van der Waals surface area contributed by atoms with Gasteiger partial charge in [-0.3, -0.25) is 4.99 Å². The molecule has 0 fully saturated rings. The topological polar surface area (TPSA) is 70.0 Å². The Kier molecular flexibility index (Phi) is 6.09. The van der Waals surface area contributed by atoms with Crippen molar-refractivity contribution < 1.29 is 0 Å². The Bertz CT molecular complexity index is 787. The molecule has 0 aliphatic rings. The first kappa shape index (κ1) is 17.1. The Hall–Kier alpha value is -2.76. The number of guanidine groups is 1. The first-order valence-corrected chi connectivity index (χ1v) is 8.89. The van der Waals surface area contributed by atoms with E-state index in [1.165, 1.54) is 16.5 Å². The van der Waals surface area contributed by atoms with E-state index in [-0.39, 0.29) is 0 Å². The number of para-hydroxylation sites is 1. The lowest BCUT2D eigenvalue weighted by atomic mass is 10.1. The standard InChI is InChI=1S/C19H26N6/c1-2-21-19(22-9-5-12-25-13-11-20-15-25)23-10-8-16-14-24-18-7-4-3-6-17(16)18/h3-4,6-7,11,13-15,24H,2,5,8-10,12H2,1H3,(H2,21,22,23). The summed E-state index contributed by atoms with van der Waals surface area (Å²) in [5.74, 6) is 0.882. The second-order valence-corrected chi connectivity index (χ2v) is 5.95. The molecule has 1 aromatic carbocycles. The molecule has 25 heavy (non-hydrogen) atoms. The minimum atomic E-state index is 0.792. The van der Waals surface area contributed by atoms with Gasteiger partial charge in [0, 0.05) is 55.7 Å². The number of hydrogen-bond donors (Lipinski definition) is 3. The molecule has 2 aromatic heterocycles. The zero-order valence-corrected chi connectivity index (χ0v) is 14.7. The summed E-state index contributed by atoms with van der Waals surface area (Å²) < 4.78 is 2.08. The normalized spacial score (nSPS) is 11.8. The molecule has 0 radical (unpaired) electrons. The molecule has 0 atom stereocenters. The van der Waals surface area contributed by atoms with E-state index in [9.17, 15) is 0 Å². The van der Waals surface area contributed by atoms with Crippen LogP contribution in [0.15, 0.2) is 54.2 Å². The van der Waals surface area contributed by atoms with Crippen LogP contribution in [0, 0.1) is 0 Å². The summed E-state index contributed by atoms with van der Waals surface area (Å²) in [6, 6.07) is 8.41. The van der Waals surface area contributed by atoms with Gasteiger partial charge in [0.25, 0.3) is 0 Å². The van der Waals surface area contributed by atoms with E-state index < -0.39 is 0 Å². The maximum Gasteiger partial charge on any atom is 0.191 e. The molecule has 3 aromatic rings. The number of aromatic nitrogens is 3. The van der Waals surface area contributed by atoms with Gasteiger partial charge in [-0.1, -0.05) is 18.2 Å².